The topological polar surface area (TPSA) is 67.9 Å². The molecule has 0 aliphatic carbocycles. The third-order valence-corrected chi connectivity index (χ3v) is 3.91. The number of amides is 2. The average Bonchev–Trinajstić information content (AvgIpc) is 3.05. The first kappa shape index (κ1) is 15.9. The van der Waals surface area contributed by atoms with Crippen molar-refractivity contribution < 1.29 is 19.1 Å². The summed E-state index contributed by atoms with van der Waals surface area (Å²) in [6, 6.07) is 14.6. The van der Waals surface area contributed by atoms with E-state index in [0.717, 1.165) is 11.3 Å². The summed E-state index contributed by atoms with van der Waals surface area (Å²) in [5.74, 6) is 0.563. The quantitative estimate of drug-likeness (QED) is 0.942. The molecule has 0 bridgehead atoms. The molecular formula is C18H18N2O4. The van der Waals surface area contributed by atoms with Crippen LogP contribution in [0.3, 0.4) is 0 Å². The van der Waals surface area contributed by atoms with Gasteiger partial charge in [0.15, 0.2) is 6.10 Å². The monoisotopic (exact) mass is 326 g/mol. The zero-order chi connectivity index (χ0) is 17.1. The Morgan fingerprint density at radius 2 is 1.88 bits per heavy atom. The fourth-order valence-corrected chi connectivity index (χ4v) is 2.56. The molecule has 0 radical (unpaired) electrons. The Balaban J connectivity index is 1.63. The summed E-state index contributed by atoms with van der Waals surface area (Å²) in [6.45, 7) is 0. The molecule has 1 heterocycles. The van der Waals surface area contributed by atoms with Gasteiger partial charge in [-0.25, -0.2) is 4.79 Å². The first-order valence-electron chi connectivity index (χ1n) is 7.55. The average molecular weight is 326 g/mol. The summed E-state index contributed by atoms with van der Waals surface area (Å²) in [5.41, 5.74) is 2.35. The molecular weight excluding hydrogens is 308 g/mol. The summed E-state index contributed by atoms with van der Waals surface area (Å²) in [4.78, 5) is 25.2. The van der Waals surface area contributed by atoms with E-state index in [4.69, 9.17) is 4.74 Å². The molecule has 0 saturated heterocycles. The van der Waals surface area contributed by atoms with Gasteiger partial charge in [0, 0.05) is 24.8 Å². The van der Waals surface area contributed by atoms with Crippen LogP contribution in [0.5, 0.6) is 5.75 Å². The minimum Gasteiger partial charge on any atom is -0.480 e. The molecule has 0 aromatic heterocycles. The third-order valence-electron chi connectivity index (χ3n) is 3.91. The maximum Gasteiger partial charge on any atom is 0.413 e. The van der Waals surface area contributed by atoms with E-state index in [0.29, 0.717) is 17.8 Å². The molecule has 2 aromatic rings. The lowest BCUT2D eigenvalue weighted by Crippen LogP contribution is -2.31. The van der Waals surface area contributed by atoms with Crippen LogP contribution in [0.4, 0.5) is 16.2 Å². The molecule has 1 N–H and O–H groups in total. The number of anilines is 2. The molecule has 124 valence electrons. The van der Waals surface area contributed by atoms with Crippen LogP contribution >= 0.6 is 0 Å². The zero-order valence-corrected chi connectivity index (χ0v) is 13.5. The van der Waals surface area contributed by atoms with Gasteiger partial charge >= 0.3 is 6.09 Å². The standard InChI is InChI=1S/C18H18N2O4/c1-20(18(22)23-2)14-9-7-13(8-10-14)19-17(21)16-11-12-5-3-4-6-15(12)24-16/h3-10,16H,11H2,1-2H3,(H,19,21). The van der Waals surface area contributed by atoms with Gasteiger partial charge < -0.3 is 14.8 Å². The first-order chi connectivity index (χ1) is 11.6. The number of methoxy groups -OCH3 is 1. The van der Waals surface area contributed by atoms with Crippen molar-refractivity contribution in [3.05, 3.63) is 54.1 Å². The summed E-state index contributed by atoms with van der Waals surface area (Å²) >= 11 is 0. The van der Waals surface area contributed by atoms with E-state index >= 15 is 0 Å². The van der Waals surface area contributed by atoms with E-state index < -0.39 is 12.2 Å². The van der Waals surface area contributed by atoms with E-state index in [1.165, 1.54) is 12.0 Å². The van der Waals surface area contributed by atoms with E-state index in [1.54, 1.807) is 31.3 Å². The number of carbonyl (C=O) groups excluding carboxylic acids is 2. The van der Waals surface area contributed by atoms with Gasteiger partial charge in [-0.1, -0.05) is 18.2 Å². The van der Waals surface area contributed by atoms with Gasteiger partial charge in [-0.15, -0.1) is 0 Å². The Labute approximate surface area is 140 Å². The van der Waals surface area contributed by atoms with Gasteiger partial charge in [-0.3, -0.25) is 9.69 Å². The number of hydrogen-bond donors (Lipinski definition) is 1. The highest BCUT2D eigenvalue weighted by molar-refractivity contribution is 5.95. The third kappa shape index (κ3) is 3.17. The van der Waals surface area contributed by atoms with Crippen molar-refractivity contribution in [1.82, 2.24) is 0 Å². The lowest BCUT2D eigenvalue weighted by atomic mass is 10.1. The molecule has 0 saturated carbocycles. The minimum atomic E-state index is -0.528. The number of benzene rings is 2. The Hall–Kier alpha value is -3.02. The fraction of sp³-hybridized carbons (Fsp3) is 0.222. The second-order valence-electron chi connectivity index (χ2n) is 5.48. The van der Waals surface area contributed by atoms with Gasteiger partial charge in [0.2, 0.25) is 0 Å². The van der Waals surface area contributed by atoms with E-state index in [-0.39, 0.29) is 5.91 Å². The summed E-state index contributed by atoms with van der Waals surface area (Å²) < 4.78 is 10.3. The molecule has 0 spiro atoms. The van der Waals surface area contributed by atoms with Crippen LogP contribution in [0, 0.1) is 0 Å². The van der Waals surface area contributed by atoms with E-state index in [1.807, 2.05) is 24.3 Å². The van der Waals surface area contributed by atoms with Crippen LogP contribution in [0.2, 0.25) is 0 Å². The zero-order valence-electron chi connectivity index (χ0n) is 13.5. The van der Waals surface area contributed by atoms with E-state index in [2.05, 4.69) is 10.1 Å². The van der Waals surface area contributed by atoms with Gasteiger partial charge in [-0.05, 0) is 35.9 Å². The number of hydrogen-bond acceptors (Lipinski definition) is 4. The normalized spacial score (nSPS) is 15.2. The number of nitrogens with zero attached hydrogens (tertiary/aromatic N) is 1. The Morgan fingerprint density at radius 1 is 1.17 bits per heavy atom. The number of rotatable bonds is 3. The Morgan fingerprint density at radius 3 is 2.54 bits per heavy atom. The molecule has 3 rings (SSSR count). The molecule has 1 atom stereocenters. The maximum absolute atomic E-state index is 12.3. The molecule has 24 heavy (non-hydrogen) atoms. The van der Waals surface area contributed by atoms with Crippen molar-refractivity contribution in [3.8, 4) is 5.75 Å². The lowest BCUT2D eigenvalue weighted by molar-refractivity contribution is -0.122. The van der Waals surface area contributed by atoms with Crippen molar-refractivity contribution in [2.45, 2.75) is 12.5 Å². The summed E-state index contributed by atoms with van der Waals surface area (Å²) in [5, 5.41) is 2.83. The molecule has 1 aliphatic heterocycles. The smallest absolute Gasteiger partial charge is 0.413 e. The second-order valence-corrected chi connectivity index (χ2v) is 5.48. The molecule has 6 nitrogen and oxygen atoms in total. The molecule has 0 fully saturated rings. The largest absolute Gasteiger partial charge is 0.480 e. The number of carbonyl (C=O) groups is 2. The van der Waals surface area contributed by atoms with Crippen molar-refractivity contribution in [3.63, 3.8) is 0 Å². The van der Waals surface area contributed by atoms with Crippen molar-refractivity contribution in [1.29, 1.82) is 0 Å². The summed E-state index contributed by atoms with van der Waals surface area (Å²) in [7, 11) is 2.94. The lowest BCUT2D eigenvalue weighted by Gasteiger charge is -2.16. The first-order valence-corrected chi connectivity index (χ1v) is 7.55. The SMILES string of the molecule is COC(=O)N(C)c1ccc(NC(=O)C2Cc3ccccc3O2)cc1. The number of fused-ring (bicyclic) bond motifs is 1. The Bertz CT molecular complexity index is 733. The van der Waals surface area contributed by atoms with Crippen LogP contribution < -0.4 is 15.0 Å². The molecule has 6 heteroatoms. The highest BCUT2D eigenvalue weighted by Gasteiger charge is 2.28. The maximum atomic E-state index is 12.3. The Kier molecular flexibility index (Phi) is 4.37. The molecule has 2 amide bonds. The van der Waals surface area contributed by atoms with Crippen LogP contribution in [0.1, 0.15) is 5.56 Å². The van der Waals surface area contributed by atoms with Crippen molar-refractivity contribution in [2.75, 3.05) is 24.4 Å². The minimum absolute atomic E-state index is 0.194. The molecule has 1 unspecified atom stereocenters. The fourth-order valence-electron chi connectivity index (χ4n) is 2.56. The molecule has 1 aliphatic rings. The molecule has 2 aromatic carbocycles. The van der Waals surface area contributed by atoms with Crippen LogP contribution in [-0.2, 0) is 16.0 Å². The van der Waals surface area contributed by atoms with Crippen LogP contribution in [-0.4, -0.2) is 32.3 Å². The van der Waals surface area contributed by atoms with E-state index in [9.17, 15) is 9.59 Å². The van der Waals surface area contributed by atoms with Gasteiger partial charge in [0.1, 0.15) is 5.75 Å². The number of ether oxygens (including phenoxy) is 2. The predicted octanol–water partition coefficient (Wildman–Crippen LogP) is 2.83. The highest BCUT2D eigenvalue weighted by Crippen LogP contribution is 2.28. The summed E-state index contributed by atoms with van der Waals surface area (Å²) in [6.07, 6.45) is -0.422. The van der Waals surface area contributed by atoms with Gasteiger partial charge in [0.05, 0.1) is 7.11 Å². The number of nitrogens with one attached hydrogen (secondary N) is 1. The van der Waals surface area contributed by atoms with Gasteiger partial charge in [-0.2, -0.15) is 0 Å². The second kappa shape index (κ2) is 6.62. The number of para-hydroxylation sites is 1. The van der Waals surface area contributed by atoms with Crippen LogP contribution in [0.25, 0.3) is 0 Å². The highest BCUT2D eigenvalue weighted by atomic mass is 16.5. The predicted molar refractivity (Wildman–Crippen MR) is 90.4 cm³/mol. The van der Waals surface area contributed by atoms with Crippen molar-refractivity contribution >= 4 is 23.4 Å². The van der Waals surface area contributed by atoms with Crippen molar-refractivity contribution in [2.24, 2.45) is 0 Å². The van der Waals surface area contributed by atoms with Crippen LogP contribution in [0.15, 0.2) is 48.5 Å². The van der Waals surface area contributed by atoms with Gasteiger partial charge in [0.25, 0.3) is 5.91 Å².